The predicted molar refractivity (Wildman–Crippen MR) is 70.1 cm³/mol. The van der Waals surface area contributed by atoms with Gasteiger partial charge in [0, 0.05) is 6.54 Å². The van der Waals surface area contributed by atoms with Crippen molar-refractivity contribution in [3.63, 3.8) is 0 Å². The van der Waals surface area contributed by atoms with Gasteiger partial charge in [-0.05, 0) is 12.1 Å². The monoisotopic (exact) mass is 280 g/mol. The van der Waals surface area contributed by atoms with Gasteiger partial charge in [0.1, 0.15) is 5.75 Å². The van der Waals surface area contributed by atoms with Crippen molar-refractivity contribution in [3.05, 3.63) is 29.8 Å². The van der Waals surface area contributed by atoms with Gasteiger partial charge in [0.25, 0.3) is 11.8 Å². The Morgan fingerprint density at radius 2 is 1.95 bits per heavy atom. The zero-order valence-electron chi connectivity index (χ0n) is 11.0. The van der Waals surface area contributed by atoms with Gasteiger partial charge in [0.2, 0.25) is 0 Å². The average Bonchev–Trinajstić information content (AvgIpc) is 2.45. The summed E-state index contributed by atoms with van der Waals surface area (Å²) in [6, 6.07) is 6.36. The Morgan fingerprint density at radius 1 is 1.25 bits per heavy atom. The van der Waals surface area contributed by atoms with Crippen molar-refractivity contribution in [2.24, 2.45) is 5.73 Å². The fourth-order valence-corrected chi connectivity index (χ4v) is 1.40. The summed E-state index contributed by atoms with van der Waals surface area (Å²) in [5, 5.41) is 2.49. The lowest BCUT2D eigenvalue weighted by atomic mass is 10.2. The molecule has 1 aromatic rings. The minimum absolute atomic E-state index is 0.0834. The van der Waals surface area contributed by atoms with Gasteiger partial charge in [-0.2, -0.15) is 0 Å². The fourth-order valence-electron chi connectivity index (χ4n) is 1.40. The van der Waals surface area contributed by atoms with Gasteiger partial charge in [-0.1, -0.05) is 12.1 Å². The molecular weight excluding hydrogens is 264 g/mol. The zero-order valence-corrected chi connectivity index (χ0v) is 11.0. The summed E-state index contributed by atoms with van der Waals surface area (Å²) < 4.78 is 9.65. The van der Waals surface area contributed by atoms with Crippen LogP contribution >= 0.6 is 0 Å². The first kappa shape index (κ1) is 15.5. The number of ether oxygens (including phenoxy) is 2. The summed E-state index contributed by atoms with van der Waals surface area (Å²) in [6.07, 6.45) is 0.0834. The number of methoxy groups -OCH3 is 1. The summed E-state index contributed by atoms with van der Waals surface area (Å²) in [5.74, 6) is -1.21. The second-order valence-electron chi connectivity index (χ2n) is 3.83. The Kier molecular flexibility index (Phi) is 6.02. The van der Waals surface area contributed by atoms with Crippen molar-refractivity contribution in [1.29, 1.82) is 0 Å². The minimum atomic E-state index is -0.633. The van der Waals surface area contributed by atoms with E-state index in [9.17, 15) is 14.4 Å². The molecule has 0 saturated heterocycles. The lowest BCUT2D eigenvalue weighted by molar-refractivity contribution is -0.140. The number of rotatable bonds is 7. The summed E-state index contributed by atoms with van der Waals surface area (Å²) in [5.41, 5.74) is 5.38. The molecule has 7 nitrogen and oxygen atoms in total. The molecule has 1 rings (SSSR count). The number of hydrogen-bond acceptors (Lipinski definition) is 5. The van der Waals surface area contributed by atoms with Crippen molar-refractivity contribution in [2.75, 3.05) is 20.3 Å². The van der Waals surface area contributed by atoms with E-state index in [1.165, 1.54) is 13.2 Å². The van der Waals surface area contributed by atoms with Gasteiger partial charge in [-0.3, -0.25) is 14.4 Å². The van der Waals surface area contributed by atoms with Gasteiger partial charge >= 0.3 is 5.97 Å². The normalized spacial score (nSPS) is 9.65. The second-order valence-corrected chi connectivity index (χ2v) is 3.83. The lowest BCUT2D eigenvalue weighted by Crippen LogP contribution is -2.31. The molecule has 0 saturated carbocycles. The molecule has 0 aliphatic rings. The third kappa shape index (κ3) is 4.97. The van der Waals surface area contributed by atoms with Crippen LogP contribution in [-0.4, -0.2) is 38.0 Å². The first-order chi connectivity index (χ1) is 9.54. The summed E-state index contributed by atoms with van der Waals surface area (Å²) in [7, 11) is 1.27. The maximum absolute atomic E-state index is 11.5. The summed E-state index contributed by atoms with van der Waals surface area (Å²) in [4.78, 5) is 33.4. The van der Waals surface area contributed by atoms with Crippen LogP contribution in [0.15, 0.2) is 24.3 Å². The molecule has 0 unspecified atom stereocenters. The van der Waals surface area contributed by atoms with Crippen LogP contribution < -0.4 is 15.8 Å². The topological polar surface area (TPSA) is 108 Å². The number of esters is 1. The average molecular weight is 280 g/mol. The van der Waals surface area contributed by atoms with E-state index < -0.39 is 17.8 Å². The number of carbonyl (C=O) groups is 3. The van der Waals surface area contributed by atoms with Crippen molar-refractivity contribution < 1.29 is 23.9 Å². The van der Waals surface area contributed by atoms with Crippen LogP contribution in [0.1, 0.15) is 16.8 Å². The van der Waals surface area contributed by atoms with Gasteiger partial charge in [-0.15, -0.1) is 0 Å². The zero-order chi connectivity index (χ0) is 15.0. The first-order valence-electron chi connectivity index (χ1n) is 5.89. The van der Waals surface area contributed by atoms with Crippen LogP contribution in [0.3, 0.4) is 0 Å². The number of primary amides is 1. The minimum Gasteiger partial charge on any atom is -0.483 e. The highest BCUT2D eigenvalue weighted by atomic mass is 16.5. The standard InChI is InChI=1S/C13H16N2O5/c1-19-12(17)6-7-15-11(16)8-20-10-5-3-2-4-9(10)13(14)18/h2-5H,6-8H2,1H3,(H2,14,18)(H,15,16). The van der Waals surface area contributed by atoms with Gasteiger partial charge in [-0.25, -0.2) is 0 Å². The molecule has 2 amide bonds. The molecule has 0 radical (unpaired) electrons. The highest BCUT2D eigenvalue weighted by molar-refractivity contribution is 5.95. The van der Waals surface area contributed by atoms with Gasteiger partial charge < -0.3 is 20.5 Å². The molecule has 1 aromatic carbocycles. The van der Waals surface area contributed by atoms with Crippen LogP contribution in [-0.2, 0) is 14.3 Å². The molecule has 0 heterocycles. The van der Waals surface area contributed by atoms with E-state index in [4.69, 9.17) is 10.5 Å². The molecule has 108 valence electrons. The fraction of sp³-hybridized carbons (Fsp3) is 0.308. The van der Waals surface area contributed by atoms with E-state index in [1.807, 2.05) is 0 Å². The van der Waals surface area contributed by atoms with Crippen LogP contribution in [0.5, 0.6) is 5.75 Å². The van der Waals surface area contributed by atoms with Gasteiger partial charge in [0.15, 0.2) is 6.61 Å². The summed E-state index contributed by atoms with van der Waals surface area (Å²) in [6.45, 7) is -0.113. The number of hydrogen-bond donors (Lipinski definition) is 2. The van der Waals surface area contributed by atoms with E-state index in [0.717, 1.165) is 0 Å². The largest absolute Gasteiger partial charge is 0.483 e. The smallest absolute Gasteiger partial charge is 0.307 e. The number of benzene rings is 1. The molecule has 3 N–H and O–H groups in total. The third-order valence-electron chi connectivity index (χ3n) is 2.39. The molecule has 0 aliphatic heterocycles. The first-order valence-corrected chi connectivity index (χ1v) is 5.89. The lowest BCUT2D eigenvalue weighted by Gasteiger charge is -2.09. The van der Waals surface area contributed by atoms with E-state index in [2.05, 4.69) is 10.1 Å². The van der Waals surface area contributed by atoms with Crippen LogP contribution in [0, 0.1) is 0 Å². The highest BCUT2D eigenvalue weighted by Gasteiger charge is 2.10. The molecule has 0 fully saturated rings. The Bertz CT molecular complexity index is 501. The molecular formula is C13H16N2O5. The molecule has 0 bridgehead atoms. The number of amides is 2. The molecule has 20 heavy (non-hydrogen) atoms. The molecule has 0 aliphatic carbocycles. The maximum Gasteiger partial charge on any atom is 0.307 e. The van der Waals surface area contributed by atoms with Gasteiger partial charge in [0.05, 0.1) is 19.1 Å². The number of nitrogens with two attached hydrogens (primary N) is 1. The SMILES string of the molecule is COC(=O)CCNC(=O)COc1ccccc1C(N)=O. The Labute approximate surface area is 116 Å². The van der Waals surface area contributed by atoms with E-state index in [1.54, 1.807) is 18.2 Å². The van der Waals surface area contributed by atoms with E-state index in [-0.39, 0.29) is 30.9 Å². The van der Waals surface area contributed by atoms with E-state index in [0.29, 0.717) is 0 Å². The third-order valence-corrected chi connectivity index (χ3v) is 2.39. The number of para-hydroxylation sites is 1. The number of carbonyl (C=O) groups excluding carboxylic acids is 3. The van der Waals surface area contributed by atoms with Crippen molar-refractivity contribution in [1.82, 2.24) is 5.32 Å². The van der Waals surface area contributed by atoms with Crippen LogP contribution in [0.2, 0.25) is 0 Å². The molecule has 0 atom stereocenters. The van der Waals surface area contributed by atoms with Crippen molar-refractivity contribution in [3.8, 4) is 5.75 Å². The van der Waals surface area contributed by atoms with E-state index >= 15 is 0 Å². The summed E-state index contributed by atoms with van der Waals surface area (Å²) >= 11 is 0. The molecule has 7 heteroatoms. The van der Waals surface area contributed by atoms with Crippen molar-refractivity contribution >= 4 is 17.8 Å². The predicted octanol–water partition coefficient (Wildman–Crippen LogP) is -0.156. The highest BCUT2D eigenvalue weighted by Crippen LogP contribution is 2.16. The van der Waals surface area contributed by atoms with Crippen molar-refractivity contribution in [2.45, 2.75) is 6.42 Å². The Hall–Kier alpha value is -2.57. The second kappa shape index (κ2) is 7.78. The quantitative estimate of drug-likeness (QED) is 0.675. The van der Waals surface area contributed by atoms with Crippen LogP contribution in [0.25, 0.3) is 0 Å². The maximum atomic E-state index is 11.5. The Morgan fingerprint density at radius 3 is 2.60 bits per heavy atom. The Balaban J connectivity index is 2.41. The molecule has 0 aromatic heterocycles. The van der Waals surface area contributed by atoms with Crippen LogP contribution in [0.4, 0.5) is 0 Å². The number of nitrogens with one attached hydrogen (secondary N) is 1. The molecule has 0 spiro atoms.